The summed E-state index contributed by atoms with van der Waals surface area (Å²) in [5.41, 5.74) is 0. The van der Waals surface area contributed by atoms with Gasteiger partial charge in [-0.05, 0) is 63.7 Å². The van der Waals surface area contributed by atoms with Crippen LogP contribution in [0.25, 0.3) is 0 Å². The Balaban J connectivity index is 1.56. The van der Waals surface area contributed by atoms with Crippen molar-refractivity contribution < 1.29 is 4.74 Å². The number of rotatable bonds is 9. The molecule has 2 aliphatic rings. The highest BCUT2D eigenvalue weighted by molar-refractivity contribution is 5.09. The summed E-state index contributed by atoms with van der Waals surface area (Å²) in [6, 6.07) is 0. The highest BCUT2D eigenvalue weighted by Gasteiger charge is 2.22. The van der Waals surface area contributed by atoms with Gasteiger partial charge in [-0.15, -0.1) is 0 Å². The van der Waals surface area contributed by atoms with E-state index in [9.17, 15) is 0 Å². The topological polar surface area (TPSA) is 9.23 Å². The van der Waals surface area contributed by atoms with E-state index >= 15 is 0 Å². The van der Waals surface area contributed by atoms with E-state index in [1.165, 1.54) is 89.9 Å². The van der Waals surface area contributed by atoms with Gasteiger partial charge in [0.05, 0.1) is 6.10 Å². The molecule has 0 aromatic rings. The smallest absolute Gasteiger partial charge is 0.0576 e. The van der Waals surface area contributed by atoms with Crippen LogP contribution >= 0.6 is 0 Å². The van der Waals surface area contributed by atoms with Crippen molar-refractivity contribution in [1.82, 2.24) is 0 Å². The first-order valence-corrected chi connectivity index (χ1v) is 11.4. The Morgan fingerprint density at radius 3 is 1.88 bits per heavy atom. The third-order valence-electron chi connectivity index (χ3n) is 6.29. The summed E-state index contributed by atoms with van der Waals surface area (Å²) >= 11 is 0. The quantitative estimate of drug-likeness (QED) is 0.318. The van der Waals surface area contributed by atoms with Gasteiger partial charge in [-0.25, -0.2) is 0 Å². The van der Waals surface area contributed by atoms with Crippen molar-refractivity contribution in [3.8, 4) is 11.8 Å². The van der Waals surface area contributed by atoms with E-state index < -0.39 is 0 Å². The Morgan fingerprint density at radius 2 is 1.28 bits per heavy atom. The van der Waals surface area contributed by atoms with Gasteiger partial charge in [0.15, 0.2) is 0 Å². The van der Waals surface area contributed by atoms with Crippen LogP contribution in [0.5, 0.6) is 0 Å². The van der Waals surface area contributed by atoms with Crippen LogP contribution in [0.1, 0.15) is 110 Å². The molecule has 0 aromatic carbocycles. The lowest BCUT2D eigenvalue weighted by Crippen LogP contribution is -2.21. The molecule has 0 aromatic heterocycles. The van der Waals surface area contributed by atoms with Crippen molar-refractivity contribution in [2.45, 2.75) is 116 Å². The lowest BCUT2D eigenvalue weighted by Gasteiger charge is -2.27. The van der Waals surface area contributed by atoms with Crippen LogP contribution in [0.15, 0.2) is 0 Å². The van der Waals surface area contributed by atoms with Crippen molar-refractivity contribution in [3.63, 3.8) is 0 Å². The third-order valence-corrected chi connectivity index (χ3v) is 6.29. The van der Waals surface area contributed by atoms with Gasteiger partial charge < -0.3 is 4.74 Å². The molecule has 1 nitrogen and oxygen atoms in total. The summed E-state index contributed by atoms with van der Waals surface area (Å²) in [5, 5.41) is 0. The molecule has 144 valence electrons. The van der Waals surface area contributed by atoms with E-state index in [1.807, 2.05) is 0 Å². The average molecular weight is 347 g/mol. The summed E-state index contributed by atoms with van der Waals surface area (Å²) in [4.78, 5) is 0. The number of unbranched alkanes of at least 4 members (excludes halogenated alkanes) is 4. The molecule has 0 heterocycles. The molecule has 0 atom stereocenters. The van der Waals surface area contributed by atoms with Crippen molar-refractivity contribution in [3.05, 3.63) is 0 Å². The van der Waals surface area contributed by atoms with Gasteiger partial charge in [-0.2, -0.15) is 0 Å². The molecule has 2 fully saturated rings. The summed E-state index contributed by atoms with van der Waals surface area (Å²) < 4.78 is 5.89. The van der Waals surface area contributed by atoms with E-state index in [2.05, 4.69) is 25.7 Å². The van der Waals surface area contributed by atoms with Crippen LogP contribution < -0.4 is 0 Å². The molecule has 0 bridgehead atoms. The number of hydrogen-bond donors (Lipinski definition) is 0. The molecule has 0 spiro atoms. The predicted octanol–water partition coefficient (Wildman–Crippen LogP) is 7.14. The molecule has 2 saturated carbocycles. The molecule has 0 aliphatic heterocycles. The van der Waals surface area contributed by atoms with Crippen LogP contribution in [0.3, 0.4) is 0 Å². The van der Waals surface area contributed by atoms with E-state index in [1.54, 1.807) is 0 Å². The number of hydrogen-bond acceptors (Lipinski definition) is 1. The third kappa shape index (κ3) is 8.63. The minimum Gasteiger partial charge on any atom is -0.378 e. The second kappa shape index (κ2) is 12.8. The standard InChI is InChI=1S/C24H42O/c1-3-5-6-7-8-9-21-10-12-22(13-11-21)14-15-23-16-18-24(19-17-23)25-20-4-2/h21-24H,3-13,16-20H2,1-2H3. The Hall–Kier alpha value is -0.480. The highest BCUT2D eigenvalue weighted by Crippen LogP contribution is 2.32. The monoisotopic (exact) mass is 346 g/mol. The first kappa shape index (κ1) is 20.8. The van der Waals surface area contributed by atoms with Crippen LogP contribution in [0.2, 0.25) is 0 Å². The van der Waals surface area contributed by atoms with Crippen molar-refractivity contribution in [2.75, 3.05) is 6.61 Å². The second-order valence-electron chi connectivity index (χ2n) is 8.55. The van der Waals surface area contributed by atoms with Crippen LogP contribution in [-0.4, -0.2) is 12.7 Å². The molecule has 0 radical (unpaired) electrons. The fourth-order valence-electron chi connectivity index (χ4n) is 4.53. The Kier molecular flexibility index (Phi) is 10.7. The van der Waals surface area contributed by atoms with Gasteiger partial charge in [0.25, 0.3) is 0 Å². The van der Waals surface area contributed by atoms with Gasteiger partial charge in [-0.1, -0.05) is 64.2 Å². The molecular weight excluding hydrogens is 304 g/mol. The molecule has 0 unspecified atom stereocenters. The number of ether oxygens (including phenoxy) is 1. The first-order valence-electron chi connectivity index (χ1n) is 11.4. The predicted molar refractivity (Wildman–Crippen MR) is 109 cm³/mol. The van der Waals surface area contributed by atoms with Gasteiger partial charge in [0.1, 0.15) is 0 Å². The van der Waals surface area contributed by atoms with E-state index in [-0.39, 0.29) is 0 Å². The van der Waals surface area contributed by atoms with E-state index in [4.69, 9.17) is 4.74 Å². The van der Waals surface area contributed by atoms with Crippen molar-refractivity contribution in [2.24, 2.45) is 17.8 Å². The maximum absolute atomic E-state index is 5.89. The Bertz CT molecular complexity index is 375. The van der Waals surface area contributed by atoms with E-state index in [0.29, 0.717) is 17.9 Å². The van der Waals surface area contributed by atoms with Gasteiger partial charge in [0.2, 0.25) is 0 Å². The van der Waals surface area contributed by atoms with Crippen molar-refractivity contribution >= 4 is 0 Å². The molecule has 0 amide bonds. The molecular formula is C24H42O. The van der Waals surface area contributed by atoms with Gasteiger partial charge in [-0.3, -0.25) is 0 Å². The van der Waals surface area contributed by atoms with Crippen LogP contribution in [0, 0.1) is 29.6 Å². The average Bonchev–Trinajstić information content (AvgIpc) is 2.66. The summed E-state index contributed by atoms with van der Waals surface area (Å²) in [5.74, 6) is 9.66. The van der Waals surface area contributed by atoms with E-state index in [0.717, 1.165) is 18.9 Å². The molecule has 2 aliphatic carbocycles. The Morgan fingerprint density at radius 1 is 0.680 bits per heavy atom. The SMILES string of the molecule is CCCCCCCC1CCC(C#CC2CCC(OCCC)CC2)CC1. The maximum atomic E-state index is 5.89. The Labute approximate surface area is 157 Å². The lowest BCUT2D eigenvalue weighted by molar-refractivity contribution is 0.0234. The van der Waals surface area contributed by atoms with Gasteiger partial charge >= 0.3 is 0 Å². The van der Waals surface area contributed by atoms with Gasteiger partial charge in [0, 0.05) is 18.4 Å². The zero-order valence-corrected chi connectivity index (χ0v) is 17.0. The van der Waals surface area contributed by atoms with Crippen LogP contribution in [-0.2, 0) is 4.74 Å². The van der Waals surface area contributed by atoms with Crippen molar-refractivity contribution in [1.29, 1.82) is 0 Å². The molecule has 0 saturated heterocycles. The normalized spacial score (nSPS) is 29.8. The minimum absolute atomic E-state index is 0.519. The summed E-state index contributed by atoms with van der Waals surface area (Å²) in [6.07, 6.45) is 20.9. The first-order chi connectivity index (χ1) is 12.3. The zero-order chi connectivity index (χ0) is 17.7. The summed E-state index contributed by atoms with van der Waals surface area (Å²) in [6.45, 7) is 5.43. The second-order valence-corrected chi connectivity index (χ2v) is 8.55. The highest BCUT2D eigenvalue weighted by atomic mass is 16.5. The lowest BCUT2D eigenvalue weighted by atomic mass is 9.79. The molecule has 0 N–H and O–H groups in total. The minimum atomic E-state index is 0.519. The zero-order valence-electron chi connectivity index (χ0n) is 17.0. The largest absolute Gasteiger partial charge is 0.378 e. The van der Waals surface area contributed by atoms with Crippen LogP contribution in [0.4, 0.5) is 0 Å². The summed E-state index contributed by atoms with van der Waals surface area (Å²) in [7, 11) is 0. The molecule has 2 rings (SSSR count). The molecule has 25 heavy (non-hydrogen) atoms. The molecule has 1 heteroatoms. The fourth-order valence-corrected chi connectivity index (χ4v) is 4.53. The maximum Gasteiger partial charge on any atom is 0.0576 e. The fraction of sp³-hybridized carbons (Fsp3) is 0.917.